The van der Waals surface area contributed by atoms with Gasteiger partial charge in [0.05, 0.1) is 11.6 Å². The van der Waals surface area contributed by atoms with E-state index >= 15 is 0 Å². The van der Waals surface area contributed by atoms with E-state index in [1.54, 1.807) is 0 Å². The minimum atomic E-state index is -0.0144. The number of esters is 2. The van der Waals surface area contributed by atoms with Gasteiger partial charge < -0.3 is 19.7 Å². The van der Waals surface area contributed by atoms with Crippen molar-refractivity contribution < 1.29 is 19.1 Å². The fraction of sp³-hybridized carbons (Fsp3) is 0.938. The molecule has 55 heavy (non-hydrogen) atoms. The summed E-state index contributed by atoms with van der Waals surface area (Å²) in [5, 5.41) is 3.39. The number of rotatable bonds is 44. The van der Waals surface area contributed by atoms with Crippen LogP contribution in [0.5, 0.6) is 0 Å². The van der Waals surface area contributed by atoms with Crippen molar-refractivity contribution in [1.29, 1.82) is 0 Å². The molecular weight excluding hydrogens is 701 g/mol. The first-order valence-electron chi connectivity index (χ1n) is 24.3. The molecule has 0 bridgehead atoms. The van der Waals surface area contributed by atoms with Crippen LogP contribution >= 0.6 is 12.2 Å². The van der Waals surface area contributed by atoms with Gasteiger partial charge in [0.25, 0.3) is 0 Å². The maximum atomic E-state index is 12.8. The molecule has 0 heterocycles. The summed E-state index contributed by atoms with van der Waals surface area (Å²) in [4.78, 5) is 28.5. The molecule has 0 aromatic rings. The lowest BCUT2D eigenvalue weighted by atomic mass is 10.0. The van der Waals surface area contributed by atoms with Gasteiger partial charge in [-0.15, -0.1) is 0 Å². The summed E-state index contributed by atoms with van der Waals surface area (Å²) in [5.41, 5.74) is 0. The molecule has 0 amide bonds. The highest BCUT2D eigenvalue weighted by Gasteiger charge is 2.14. The molecule has 6 nitrogen and oxygen atoms in total. The lowest BCUT2D eigenvalue weighted by Crippen LogP contribution is -2.30. The van der Waals surface area contributed by atoms with Crippen LogP contribution in [0.3, 0.4) is 0 Å². The maximum absolute atomic E-state index is 12.8. The van der Waals surface area contributed by atoms with Crippen LogP contribution in [-0.2, 0) is 19.1 Å². The van der Waals surface area contributed by atoms with E-state index < -0.39 is 0 Å². The van der Waals surface area contributed by atoms with E-state index in [-0.39, 0.29) is 18.0 Å². The third-order valence-electron chi connectivity index (χ3n) is 11.1. The van der Waals surface area contributed by atoms with E-state index in [1.807, 2.05) is 0 Å². The second-order valence-corrected chi connectivity index (χ2v) is 17.0. The van der Waals surface area contributed by atoms with Crippen molar-refractivity contribution in [3.05, 3.63) is 0 Å². The molecule has 0 aromatic carbocycles. The lowest BCUT2D eigenvalue weighted by molar-refractivity contribution is -0.150. The molecule has 0 radical (unpaired) electrons. The highest BCUT2D eigenvalue weighted by molar-refractivity contribution is 7.80. The zero-order chi connectivity index (χ0) is 40.3. The average molecular weight is 795 g/mol. The molecule has 1 N–H and O–H groups in total. The summed E-state index contributed by atoms with van der Waals surface area (Å²) in [7, 11) is 0. The van der Waals surface area contributed by atoms with Gasteiger partial charge in [0.2, 0.25) is 0 Å². The van der Waals surface area contributed by atoms with Gasteiger partial charge in [-0.05, 0) is 90.3 Å². The van der Waals surface area contributed by atoms with E-state index in [1.165, 1.54) is 154 Å². The normalized spacial score (nSPS) is 11.5. The lowest BCUT2D eigenvalue weighted by Gasteiger charge is -2.22. The first-order valence-corrected chi connectivity index (χ1v) is 24.7. The van der Waals surface area contributed by atoms with Crippen molar-refractivity contribution in [1.82, 2.24) is 10.2 Å². The topological polar surface area (TPSA) is 67.9 Å². The molecule has 0 fully saturated rings. The Bertz CT molecular complexity index is 825. The Hall–Kier alpha value is -1.21. The average Bonchev–Trinajstić information content (AvgIpc) is 3.18. The van der Waals surface area contributed by atoms with Crippen molar-refractivity contribution in [2.24, 2.45) is 0 Å². The second-order valence-electron chi connectivity index (χ2n) is 16.5. The van der Waals surface area contributed by atoms with Crippen LogP contribution < -0.4 is 5.32 Å². The minimum Gasteiger partial charge on any atom is -0.466 e. The van der Waals surface area contributed by atoms with Gasteiger partial charge in [-0.2, -0.15) is 0 Å². The Labute approximate surface area is 348 Å². The molecule has 0 aliphatic heterocycles. The summed E-state index contributed by atoms with van der Waals surface area (Å²) < 4.78 is 11.5. The number of ether oxygens (including phenoxy) is 2. The molecule has 0 saturated heterocycles. The molecule has 7 heteroatoms. The Morgan fingerprint density at radius 3 is 1.38 bits per heavy atom. The Morgan fingerprint density at radius 2 is 0.891 bits per heavy atom. The van der Waals surface area contributed by atoms with Gasteiger partial charge in [0, 0.05) is 19.4 Å². The Balaban J connectivity index is 4.29. The summed E-state index contributed by atoms with van der Waals surface area (Å²) >= 11 is 5.36. The van der Waals surface area contributed by atoms with Crippen molar-refractivity contribution in [2.45, 2.75) is 259 Å². The fourth-order valence-electron chi connectivity index (χ4n) is 7.39. The zero-order valence-corrected chi connectivity index (χ0v) is 38.2. The van der Waals surface area contributed by atoms with Gasteiger partial charge >= 0.3 is 11.9 Å². The van der Waals surface area contributed by atoms with E-state index in [0.29, 0.717) is 19.4 Å². The molecule has 0 aromatic heterocycles. The summed E-state index contributed by atoms with van der Waals surface area (Å²) in [5.74, 6) is 0.0162. The van der Waals surface area contributed by atoms with Crippen LogP contribution in [0.25, 0.3) is 0 Å². The van der Waals surface area contributed by atoms with Crippen LogP contribution in [0.4, 0.5) is 0 Å². The number of thiocarbonyl (C=S) groups is 1. The summed E-state index contributed by atoms with van der Waals surface area (Å²) in [6.45, 7) is 13.8. The number of carbonyl (C=O) groups excluding carboxylic acids is 2. The smallest absolute Gasteiger partial charge is 0.306 e. The van der Waals surface area contributed by atoms with E-state index in [9.17, 15) is 9.59 Å². The molecule has 0 aliphatic rings. The maximum Gasteiger partial charge on any atom is 0.306 e. The molecule has 0 atom stereocenters. The molecule has 0 spiro atoms. The van der Waals surface area contributed by atoms with Gasteiger partial charge in [-0.3, -0.25) is 9.59 Å². The number of unbranched alkanes of at least 4 members (excludes halogenated alkanes) is 24. The number of nitrogens with zero attached hydrogens (tertiary/aromatic N) is 1. The fourth-order valence-corrected chi connectivity index (χ4v) is 7.49. The number of hydrogen-bond acceptors (Lipinski definition) is 6. The summed E-state index contributed by atoms with van der Waals surface area (Å²) in [6.07, 6.45) is 40.9. The first-order chi connectivity index (χ1) is 27.0. The monoisotopic (exact) mass is 795 g/mol. The molecule has 0 unspecified atom stereocenters. The third-order valence-corrected chi connectivity index (χ3v) is 11.5. The van der Waals surface area contributed by atoms with Gasteiger partial charge in [-0.25, -0.2) is 0 Å². The molecule has 0 rings (SSSR count). The van der Waals surface area contributed by atoms with Crippen LogP contribution in [0, 0.1) is 0 Å². The van der Waals surface area contributed by atoms with Crippen LogP contribution in [0.15, 0.2) is 0 Å². The quantitative estimate of drug-likeness (QED) is 0.0374. The molecule has 326 valence electrons. The molecule has 0 saturated carbocycles. The zero-order valence-electron chi connectivity index (χ0n) is 37.4. The number of hydrogen-bond donors (Lipinski definition) is 1. The van der Waals surface area contributed by atoms with Crippen molar-refractivity contribution in [3.63, 3.8) is 0 Å². The number of carbonyl (C=O) groups is 2. The van der Waals surface area contributed by atoms with Gasteiger partial charge in [0.15, 0.2) is 0 Å². The van der Waals surface area contributed by atoms with Gasteiger partial charge in [-0.1, -0.05) is 181 Å². The van der Waals surface area contributed by atoms with Crippen molar-refractivity contribution in [2.75, 3.05) is 32.8 Å². The van der Waals surface area contributed by atoms with Gasteiger partial charge in [0.1, 0.15) is 6.10 Å². The van der Waals surface area contributed by atoms with E-state index in [2.05, 4.69) is 37.9 Å². The van der Waals surface area contributed by atoms with E-state index in [4.69, 9.17) is 21.7 Å². The Morgan fingerprint density at radius 1 is 0.491 bits per heavy atom. The number of nitrogens with one attached hydrogen (secondary N) is 1. The second kappa shape index (κ2) is 43.9. The predicted molar refractivity (Wildman–Crippen MR) is 242 cm³/mol. The predicted octanol–water partition coefficient (Wildman–Crippen LogP) is 14.4. The SMILES string of the molecule is CCCCCCCCCOC(=O)CCCCCCCN(CCCCCCCC(=O)OC(CCCCCCCC)CCCCCCCC)CCCNC(=S)CC. The van der Waals surface area contributed by atoms with E-state index in [0.717, 1.165) is 89.0 Å². The first kappa shape index (κ1) is 53.8. The van der Waals surface area contributed by atoms with Crippen LogP contribution in [-0.4, -0.2) is 60.7 Å². The van der Waals surface area contributed by atoms with Crippen molar-refractivity contribution in [3.8, 4) is 0 Å². The summed E-state index contributed by atoms with van der Waals surface area (Å²) in [6, 6.07) is 0. The third kappa shape index (κ3) is 40.8. The Kier molecular flexibility index (Phi) is 42.9. The highest BCUT2D eigenvalue weighted by atomic mass is 32.1. The molecule has 0 aliphatic carbocycles. The highest BCUT2D eigenvalue weighted by Crippen LogP contribution is 2.18. The largest absolute Gasteiger partial charge is 0.466 e. The molecular formula is C48H94N2O4S. The van der Waals surface area contributed by atoms with Crippen LogP contribution in [0.2, 0.25) is 0 Å². The standard InChI is InChI=1S/C48H94N2O4S/c1-5-9-12-15-18-27-34-44-53-47(51)38-30-23-19-25-32-41-50(43-35-40-49-46(55)8-4)42-33-26-20-24-31-39-48(52)54-45(36-28-21-16-13-10-6-2)37-29-22-17-14-11-7-3/h45H,5-44H2,1-4H3,(H,49,55). The minimum absolute atomic E-state index is 0.0144. The van der Waals surface area contributed by atoms with Crippen molar-refractivity contribution >= 4 is 29.1 Å². The van der Waals surface area contributed by atoms with Crippen LogP contribution in [0.1, 0.15) is 252 Å².